The number of aryl methyl sites for hydroxylation is 1. The van der Waals surface area contributed by atoms with Crippen molar-refractivity contribution in [2.24, 2.45) is 0 Å². The van der Waals surface area contributed by atoms with Crippen LogP contribution in [0.1, 0.15) is 12.5 Å². The molecular formula is C14H20BrN3O2. The minimum Gasteiger partial charge on any atom is -0.397 e. The van der Waals surface area contributed by atoms with Crippen LogP contribution in [0, 0.1) is 6.92 Å². The number of nitrogens with two attached hydrogens (primary N) is 1. The van der Waals surface area contributed by atoms with Gasteiger partial charge < -0.3 is 15.8 Å². The van der Waals surface area contributed by atoms with Crippen LogP contribution in [-0.4, -0.2) is 43.2 Å². The first-order valence-corrected chi connectivity index (χ1v) is 7.51. The molecule has 1 atom stereocenters. The SMILES string of the molecule is CCN1CCOC(C(=O)Nc2cc(Br)cc(C)c2N)C1. The van der Waals surface area contributed by atoms with Crippen LogP contribution in [0.2, 0.25) is 0 Å². The molecule has 5 nitrogen and oxygen atoms in total. The standard InChI is InChI=1S/C14H20BrN3O2/c1-3-18-4-5-20-12(8-18)14(19)17-11-7-10(15)6-9(2)13(11)16/h6-7,12H,3-5,8,16H2,1-2H3,(H,17,19). The van der Waals surface area contributed by atoms with Crippen molar-refractivity contribution in [2.75, 3.05) is 37.3 Å². The number of amides is 1. The molecule has 1 amide bonds. The van der Waals surface area contributed by atoms with Gasteiger partial charge in [-0.05, 0) is 31.2 Å². The summed E-state index contributed by atoms with van der Waals surface area (Å²) in [6.07, 6.45) is -0.442. The quantitative estimate of drug-likeness (QED) is 0.825. The largest absolute Gasteiger partial charge is 0.397 e. The molecule has 6 heteroatoms. The first-order chi connectivity index (χ1) is 9.51. The van der Waals surface area contributed by atoms with Crippen LogP contribution in [-0.2, 0) is 9.53 Å². The van der Waals surface area contributed by atoms with Crippen LogP contribution in [0.25, 0.3) is 0 Å². The van der Waals surface area contributed by atoms with Crippen LogP contribution in [0.15, 0.2) is 16.6 Å². The summed E-state index contributed by atoms with van der Waals surface area (Å²) in [4.78, 5) is 14.5. The number of nitrogens with zero attached hydrogens (tertiary/aromatic N) is 1. The zero-order valence-electron chi connectivity index (χ0n) is 11.8. The molecule has 1 aliphatic rings. The number of nitrogen functional groups attached to an aromatic ring is 1. The lowest BCUT2D eigenvalue weighted by Crippen LogP contribution is -2.47. The maximum absolute atomic E-state index is 12.3. The molecule has 1 aromatic carbocycles. The van der Waals surface area contributed by atoms with Gasteiger partial charge in [-0.2, -0.15) is 0 Å². The van der Waals surface area contributed by atoms with Crippen molar-refractivity contribution in [3.05, 3.63) is 22.2 Å². The highest BCUT2D eigenvalue weighted by atomic mass is 79.9. The lowest BCUT2D eigenvalue weighted by molar-refractivity contribution is -0.132. The summed E-state index contributed by atoms with van der Waals surface area (Å²) in [6, 6.07) is 3.72. The van der Waals surface area contributed by atoms with E-state index in [1.807, 2.05) is 13.0 Å². The topological polar surface area (TPSA) is 67.6 Å². The highest BCUT2D eigenvalue weighted by Gasteiger charge is 2.26. The van der Waals surface area contributed by atoms with E-state index in [9.17, 15) is 4.79 Å². The van der Waals surface area contributed by atoms with Crippen LogP contribution in [0.5, 0.6) is 0 Å². The van der Waals surface area contributed by atoms with E-state index in [0.29, 0.717) is 24.5 Å². The molecule has 2 rings (SSSR count). The summed E-state index contributed by atoms with van der Waals surface area (Å²) in [5.41, 5.74) is 8.13. The van der Waals surface area contributed by atoms with Gasteiger partial charge in [0.25, 0.3) is 5.91 Å². The second-order valence-electron chi connectivity index (χ2n) is 4.93. The van der Waals surface area contributed by atoms with E-state index in [2.05, 4.69) is 33.1 Å². The number of rotatable bonds is 3. The molecule has 1 fully saturated rings. The third-order valence-corrected chi connectivity index (χ3v) is 3.96. The Morgan fingerprint density at radius 2 is 2.35 bits per heavy atom. The maximum Gasteiger partial charge on any atom is 0.254 e. The second kappa shape index (κ2) is 6.56. The average molecular weight is 342 g/mol. The molecule has 0 spiro atoms. The van der Waals surface area contributed by atoms with Crippen molar-refractivity contribution in [1.29, 1.82) is 0 Å². The van der Waals surface area contributed by atoms with E-state index in [1.54, 1.807) is 6.07 Å². The Hall–Kier alpha value is -1.11. The van der Waals surface area contributed by atoms with Gasteiger partial charge in [0, 0.05) is 17.6 Å². The highest BCUT2D eigenvalue weighted by molar-refractivity contribution is 9.10. The number of halogens is 1. The molecule has 1 aliphatic heterocycles. The smallest absolute Gasteiger partial charge is 0.254 e. The van der Waals surface area contributed by atoms with Gasteiger partial charge in [0.2, 0.25) is 0 Å². The number of carbonyl (C=O) groups excluding carboxylic acids is 1. The number of carbonyl (C=O) groups is 1. The molecular weight excluding hydrogens is 322 g/mol. The Labute approximate surface area is 127 Å². The summed E-state index contributed by atoms with van der Waals surface area (Å²) in [5, 5.41) is 2.86. The van der Waals surface area contributed by atoms with E-state index in [-0.39, 0.29) is 5.91 Å². The molecule has 0 aliphatic carbocycles. The Morgan fingerprint density at radius 1 is 1.60 bits per heavy atom. The third-order valence-electron chi connectivity index (χ3n) is 3.50. The van der Waals surface area contributed by atoms with Gasteiger partial charge in [-0.25, -0.2) is 0 Å². The van der Waals surface area contributed by atoms with Crippen LogP contribution in [0.3, 0.4) is 0 Å². The van der Waals surface area contributed by atoms with Gasteiger partial charge in [0.1, 0.15) is 6.10 Å². The molecule has 1 unspecified atom stereocenters. The maximum atomic E-state index is 12.3. The predicted octanol–water partition coefficient (Wildman–Crippen LogP) is 2.00. The number of anilines is 2. The number of benzene rings is 1. The fourth-order valence-corrected chi connectivity index (χ4v) is 2.79. The Bertz CT molecular complexity index is 507. The Kier molecular flexibility index (Phi) is 5.01. The number of morpholine rings is 1. The fraction of sp³-hybridized carbons (Fsp3) is 0.500. The summed E-state index contributed by atoms with van der Waals surface area (Å²) >= 11 is 3.41. The first-order valence-electron chi connectivity index (χ1n) is 6.71. The van der Waals surface area contributed by atoms with E-state index >= 15 is 0 Å². The molecule has 3 N–H and O–H groups in total. The Morgan fingerprint density at radius 3 is 3.05 bits per heavy atom. The summed E-state index contributed by atoms with van der Waals surface area (Å²) in [7, 11) is 0. The molecule has 0 bridgehead atoms. The average Bonchev–Trinajstić information content (AvgIpc) is 2.44. The molecule has 110 valence electrons. The highest BCUT2D eigenvalue weighted by Crippen LogP contribution is 2.27. The number of hydrogen-bond donors (Lipinski definition) is 2. The Balaban J connectivity index is 2.08. The summed E-state index contributed by atoms with van der Waals surface area (Å²) < 4.78 is 6.43. The number of nitrogens with one attached hydrogen (secondary N) is 1. The number of ether oxygens (including phenoxy) is 1. The van der Waals surface area contributed by atoms with Gasteiger partial charge in [-0.15, -0.1) is 0 Å². The molecule has 1 aromatic rings. The molecule has 1 saturated heterocycles. The third kappa shape index (κ3) is 3.50. The van der Waals surface area contributed by atoms with Crippen molar-refractivity contribution in [3.63, 3.8) is 0 Å². The molecule has 0 aromatic heterocycles. The van der Waals surface area contributed by atoms with Gasteiger partial charge in [0.15, 0.2) is 0 Å². The van der Waals surface area contributed by atoms with Crippen molar-refractivity contribution in [1.82, 2.24) is 4.90 Å². The number of likely N-dealkylation sites (N-methyl/N-ethyl adjacent to an activating group) is 1. The zero-order chi connectivity index (χ0) is 14.7. The normalized spacial score (nSPS) is 19.9. The number of hydrogen-bond acceptors (Lipinski definition) is 4. The lowest BCUT2D eigenvalue weighted by Gasteiger charge is -2.31. The minimum absolute atomic E-state index is 0.146. The molecule has 0 saturated carbocycles. The molecule has 0 radical (unpaired) electrons. The second-order valence-corrected chi connectivity index (χ2v) is 5.84. The fourth-order valence-electron chi connectivity index (χ4n) is 2.22. The van der Waals surface area contributed by atoms with E-state index in [4.69, 9.17) is 10.5 Å². The van der Waals surface area contributed by atoms with Crippen molar-refractivity contribution < 1.29 is 9.53 Å². The first kappa shape index (κ1) is 15.3. The lowest BCUT2D eigenvalue weighted by atomic mass is 10.1. The van der Waals surface area contributed by atoms with E-state index < -0.39 is 6.10 Å². The monoisotopic (exact) mass is 341 g/mol. The summed E-state index contributed by atoms with van der Waals surface area (Å²) in [6.45, 7) is 6.99. The molecule has 1 heterocycles. The van der Waals surface area contributed by atoms with Crippen molar-refractivity contribution in [2.45, 2.75) is 20.0 Å². The predicted molar refractivity (Wildman–Crippen MR) is 83.8 cm³/mol. The van der Waals surface area contributed by atoms with Crippen molar-refractivity contribution in [3.8, 4) is 0 Å². The van der Waals surface area contributed by atoms with E-state index in [0.717, 1.165) is 23.1 Å². The summed E-state index contributed by atoms with van der Waals surface area (Å²) in [5.74, 6) is -0.146. The van der Waals surface area contributed by atoms with Crippen molar-refractivity contribution >= 4 is 33.2 Å². The van der Waals surface area contributed by atoms with Gasteiger partial charge in [-0.3, -0.25) is 9.69 Å². The zero-order valence-corrected chi connectivity index (χ0v) is 13.4. The van der Waals surface area contributed by atoms with Crippen LogP contribution >= 0.6 is 15.9 Å². The van der Waals surface area contributed by atoms with E-state index in [1.165, 1.54) is 0 Å². The van der Waals surface area contributed by atoms with Gasteiger partial charge >= 0.3 is 0 Å². The van der Waals surface area contributed by atoms with Gasteiger partial charge in [0.05, 0.1) is 18.0 Å². The van der Waals surface area contributed by atoms with Crippen LogP contribution in [0.4, 0.5) is 11.4 Å². The van der Waals surface area contributed by atoms with Crippen LogP contribution < -0.4 is 11.1 Å². The minimum atomic E-state index is -0.442. The van der Waals surface area contributed by atoms with Gasteiger partial charge in [-0.1, -0.05) is 22.9 Å². The molecule has 20 heavy (non-hydrogen) atoms.